The van der Waals surface area contributed by atoms with E-state index in [9.17, 15) is 19.5 Å². The number of aliphatic hydroxyl groups excluding tert-OH is 1. The topological polar surface area (TPSA) is 139 Å². The number of aliphatic hydroxyl groups is 1. The van der Waals surface area contributed by atoms with Crippen molar-refractivity contribution in [3.05, 3.63) is 66.7 Å². The predicted octanol–water partition coefficient (Wildman–Crippen LogP) is 1.24. The van der Waals surface area contributed by atoms with Crippen molar-refractivity contribution in [3.8, 4) is 17.1 Å². The molecule has 0 saturated heterocycles. The maximum atomic E-state index is 13.1. The van der Waals surface area contributed by atoms with Crippen LogP contribution in [0.25, 0.3) is 11.4 Å². The van der Waals surface area contributed by atoms with E-state index in [2.05, 4.69) is 20.6 Å². The van der Waals surface area contributed by atoms with E-state index in [1.54, 1.807) is 24.5 Å². The molecule has 200 valence electrons. The van der Waals surface area contributed by atoms with Gasteiger partial charge in [-0.2, -0.15) is 0 Å². The molecule has 11 heteroatoms. The van der Waals surface area contributed by atoms with Crippen LogP contribution in [-0.4, -0.2) is 80.6 Å². The van der Waals surface area contributed by atoms with Crippen molar-refractivity contribution < 1.29 is 24.2 Å². The quantitative estimate of drug-likeness (QED) is 0.462. The van der Waals surface area contributed by atoms with Gasteiger partial charge in [0.25, 0.3) is 5.91 Å². The fourth-order valence-electron chi connectivity index (χ4n) is 4.21. The average molecular weight is 521 g/mol. The fraction of sp³-hybridized carbons (Fsp3) is 0.370. The van der Waals surface area contributed by atoms with Crippen LogP contribution in [-0.2, 0) is 16.1 Å². The summed E-state index contributed by atoms with van der Waals surface area (Å²) in [5, 5.41) is 15.5. The molecule has 3 N–H and O–H groups in total. The Kier molecular flexibility index (Phi) is 9.04. The molecule has 3 heterocycles. The summed E-state index contributed by atoms with van der Waals surface area (Å²) in [4.78, 5) is 48.7. The zero-order valence-corrected chi connectivity index (χ0v) is 21.2. The monoisotopic (exact) mass is 520 g/mol. The third-order valence-corrected chi connectivity index (χ3v) is 6.14. The van der Waals surface area contributed by atoms with E-state index >= 15 is 0 Å². The maximum Gasteiger partial charge on any atom is 0.255 e. The predicted molar refractivity (Wildman–Crippen MR) is 139 cm³/mol. The van der Waals surface area contributed by atoms with Gasteiger partial charge in [0.05, 0.1) is 24.8 Å². The Balaban J connectivity index is 1.56. The molecule has 11 nitrogen and oxygen atoms in total. The second-order valence-corrected chi connectivity index (χ2v) is 9.07. The van der Waals surface area contributed by atoms with Crippen LogP contribution in [0.4, 0.5) is 0 Å². The first-order valence-corrected chi connectivity index (χ1v) is 12.6. The minimum Gasteiger partial charge on any atom is -0.494 e. The van der Waals surface area contributed by atoms with Crippen LogP contribution < -0.4 is 15.4 Å². The van der Waals surface area contributed by atoms with Crippen LogP contribution in [0.5, 0.6) is 5.75 Å². The molecule has 4 rings (SSSR count). The van der Waals surface area contributed by atoms with Crippen LogP contribution in [0.3, 0.4) is 0 Å². The number of nitrogens with zero attached hydrogens (tertiary/aromatic N) is 4. The number of carbonyl (C=O) groups is 3. The van der Waals surface area contributed by atoms with E-state index in [4.69, 9.17) is 4.74 Å². The van der Waals surface area contributed by atoms with E-state index in [-0.39, 0.29) is 19.0 Å². The fourth-order valence-corrected chi connectivity index (χ4v) is 4.21. The highest BCUT2D eigenvalue weighted by molar-refractivity contribution is 5.97. The van der Waals surface area contributed by atoms with Gasteiger partial charge in [0.1, 0.15) is 17.6 Å². The Morgan fingerprint density at radius 1 is 1.16 bits per heavy atom. The standard InChI is InChI=1S/C27H32N6O5/c1-19(34)24-26(36)30-10-4-12-32-14-11-29-25(32)20-6-2-8-22(16-20)38-15-5-13-33(18-23(35)31-24)27(37)21-7-3-9-28-17-21/h2-3,6-9,11,14,16-17,19,24,34H,4-5,10,12-13,15,18H2,1H3,(H,30,36)(H,31,35)/t19-,24+/m1/s1. The largest absolute Gasteiger partial charge is 0.494 e. The molecule has 0 spiro atoms. The third kappa shape index (κ3) is 6.94. The Hall–Kier alpha value is -4.25. The molecular weight excluding hydrogens is 488 g/mol. The molecule has 0 saturated carbocycles. The van der Waals surface area contributed by atoms with Crippen LogP contribution in [0.2, 0.25) is 0 Å². The number of amides is 3. The zero-order valence-electron chi connectivity index (χ0n) is 21.2. The summed E-state index contributed by atoms with van der Waals surface area (Å²) in [6, 6.07) is 9.73. The summed E-state index contributed by atoms with van der Waals surface area (Å²) >= 11 is 0. The van der Waals surface area contributed by atoms with Gasteiger partial charge >= 0.3 is 0 Å². The number of aryl methyl sites for hydroxylation is 1. The van der Waals surface area contributed by atoms with Crippen LogP contribution in [0.15, 0.2) is 61.2 Å². The van der Waals surface area contributed by atoms with Crippen molar-refractivity contribution in [2.24, 2.45) is 0 Å². The number of ether oxygens (including phenoxy) is 1. The van der Waals surface area contributed by atoms with Gasteiger partial charge in [-0.25, -0.2) is 4.98 Å². The molecule has 0 aliphatic carbocycles. The molecule has 1 aliphatic heterocycles. The van der Waals surface area contributed by atoms with Crippen LogP contribution in [0.1, 0.15) is 30.1 Å². The molecule has 2 bridgehead atoms. The SMILES string of the molecule is C[C@@H](O)[C@@H]1NC(=O)CN(C(=O)c2cccnc2)CCCOc2cccc(c2)-c2nccn2CCCNC1=O. The van der Waals surface area contributed by atoms with E-state index in [0.717, 1.165) is 11.4 Å². The average Bonchev–Trinajstić information content (AvgIpc) is 3.39. The first-order valence-electron chi connectivity index (χ1n) is 12.6. The van der Waals surface area contributed by atoms with Crippen LogP contribution >= 0.6 is 0 Å². The Morgan fingerprint density at radius 3 is 2.82 bits per heavy atom. The van der Waals surface area contributed by atoms with Crippen LogP contribution in [0, 0.1) is 0 Å². The second kappa shape index (κ2) is 12.8. The van der Waals surface area contributed by atoms with Gasteiger partial charge in [0, 0.05) is 50.0 Å². The summed E-state index contributed by atoms with van der Waals surface area (Å²) in [5.41, 5.74) is 1.24. The second-order valence-electron chi connectivity index (χ2n) is 9.07. The molecule has 3 amide bonds. The lowest BCUT2D eigenvalue weighted by molar-refractivity contribution is -0.131. The highest BCUT2D eigenvalue weighted by atomic mass is 16.5. The molecule has 38 heavy (non-hydrogen) atoms. The number of imidazole rings is 1. The number of fused-ring (bicyclic) bond motifs is 4. The number of hydrogen-bond donors (Lipinski definition) is 3. The molecule has 0 fully saturated rings. The molecule has 2 aromatic heterocycles. The Bertz CT molecular complexity index is 1250. The van der Waals surface area contributed by atoms with Crippen molar-refractivity contribution in [1.82, 2.24) is 30.1 Å². The Morgan fingerprint density at radius 2 is 2.03 bits per heavy atom. The molecule has 1 aromatic carbocycles. The zero-order chi connectivity index (χ0) is 26.9. The highest BCUT2D eigenvalue weighted by Gasteiger charge is 2.27. The van der Waals surface area contributed by atoms with E-state index in [1.165, 1.54) is 18.0 Å². The maximum absolute atomic E-state index is 13.1. The normalized spacial score (nSPS) is 18.5. The number of hydrogen-bond acceptors (Lipinski definition) is 7. The summed E-state index contributed by atoms with van der Waals surface area (Å²) in [7, 11) is 0. The van der Waals surface area contributed by atoms with E-state index in [1.807, 2.05) is 35.0 Å². The van der Waals surface area contributed by atoms with Gasteiger partial charge in [0.2, 0.25) is 11.8 Å². The molecule has 3 aromatic rings. The minimum atomic E-state index is -1.16. The van der Waals surface area contributed by atoms with Crippen molar-refractivity contribution in [2.75, 3.05) is 26.2 Å². The Labute approximate surface area is 220 Å². The van der Waals surface area contributed by atoms with E-state index in [0.29, 0.717) is 43.9 Å². The van der Waals surface area contributed by atoms with Gasteiger partial charge in [-0.3, -0.25) is 19.4 Å². The van der Waals surface area contributed by atoms with E-state index < -0.39 is 24.0 Å². The smallest absolute Gasteiger partial charge is 0.255 e. The number of rotatable bonds is 2. The van der Waals surface area contributed by atoms with Crippen molar-refractivity contribution in [2.45, 2.75) is 38.5 Å². The summed E-state index contributed by atoms with van der Waals surface area (Å²) in [6.45, 7) is 2.64. The lowest BCUT2D eigenvalue weighted by Gasteiger charge is -2.25. The van der Waals surface area contributed by atoms with Gasteiger partial charge in [-0.05, 0) is 44.0 Å². The number of carbonyl (C=O) groups excluding carboxylic acids is 3. The molecule has 1 aliphatic rings. The highest BCUT2D eigenvalue weighted by Crippen LogP contribution is 2.23. The number of nitrogens with one attached hydrogen (secondary N) is 2. The number of pyridine rings is 1. The minimum absolute atomic E-state index is 0.233. The van der Waals surface area contributed by atoms with Gasteiger partial charge in [-0.15, -0.1) is 0 Å². The number of benzene rings is 1. The summed E-state index contributed by atoms with van der Waals surface area (Å²) < 4.78 is 7.95. The first kappa shape index (κ1) is 26.8. The van der Waals surface area contributed by atoms with Crippen molar-refractivity contribution in [1.29, 1.82) is 0 Å². The summed E-state index contributed by atoms with van der Waals surface area (Å²) in [6.07, 6.45) is 6.53. The first-order chi connectivity index (χ1) is 18.4. The van der Waals surface area contributed by atoms with Crippen molar-refractivity contribution in [3.63, 3.8) is 0 Å². The molecule has 2 atom stereocenters. The third-order valence-electron chi connectivity index (χ3n) is 6.14. The molecule has 0 radical (unpaired) electrons. The summed E-state index contributed by atoms with van der Waals surface area (Å²) in [5.74, 6) is 0.0270. The molecular formula is C27H32N6O5. The number of aromatic nitrogens is 3. The lowest BCUT2D eigenvalue weighted by Crippen LogP contribution is -2.55. The lowest BCUT2D eigenvalue weighted by atomic mass is 10.1. The van der Waals surface area contributed by atoms with Gasteiger partial charge in [0.15, 0.2) is 0 Å². The molecule has 0 unspecified atom stereocenters. The van der Waals surface area contributed by atoms with Crippen molar-refractivity contribution >= 4 is 17.7 Å². The van der Waals surface area contributed by atoms with Gasteiger partial charge in [-0.1, -0.05) is 12.1 Å². The van der Waals surface area contributed by atoms with Gasteiger partial charge < -0.3 is 29.9 Å².